The first-order valence-corrected chi connectivity index (χ1v) is 8.08. The molecule has 1 fully saturated rings. The van der Waals surface area contributed by atoms with Crippen LogP contribution in [0.2, 0.25) is 0 Å². The number of sulfone groups is 1. The number of halogens is 1. The molecule has 18 heavy (non-hydrogen) atoms. The van der Waals surface area contributed by atoms with Crippen molar-refractivity contribution in [3.8, 4) is 0 Å². The first-order chi connectivity index (χ1) is 8.54. The minimum absolute atomic E-state index is 0.129. The highest BCUT2D eigenvalue weighted by Crippen LogP contribution is 2.33. The Morgan fingerprint density at radius 2 is 2.11 bits per heavy atom. The third-order valence-electron chi connectivity index (χ3n) is 3.88. The second-order valence-corrected chi connectivity index (χ2v) is 7.29. The lowest BCUT2D eigenvalue weighted by Crippen LogP contribution is -2.28. The molecular formula is C14H19FO2S. The first-order valence-electron chi connectivity index (χ1n) is 6.53. The van der Waals surface area contributed by atoms with Crippen molar-refractivity contribution in [3.63, 3.8) is 0 Å². The fourth-order valence-electron chi connectivity index (χ4n) is 2.73. The molecule has 0 bridgehead atoms. The van der Waals surface area contributed by atoms with Crippen molar-refractivity contribution in [2.45, 2.75) is 49.2 Å². The van der Waals surface area contributed by atoms with Gasteiger partial charge in [-0.2, -0.15) is 0 Å². The normalized spacial score (nSPS) is 25.0. The van der Waals surface area contributed by atoms with E-state index in [-0.39, 0.29) is 10.1 Å². The largest absolute Gasteiger partial charge is 0.223 e. The second-order valence-electron chi connectivity index (χ2n) is 5.07. The van der Waals surface area contributed by atoms with Gasteiger partial charge in [0.2, 0.25) is 0 Å². The number of rotatable bonds is 3. The van der Waals surface area contributed by atoms with Gasteiger partial charge in [0.15, 0.2) is 9.84 Å². The topological polar surface area (TPSA) is 34.1 Å². The van der Waals surface area contributed by atoms with Gasteiger partial charge >= 0.3 is 0 Å². The fraction of sp³-hybridized carbons (Fsp3) is 0.571. The summed E-state index contributed by atoms with van der Waals surface area (Å²) in [5, 5.41) is -0.335. The van der Waals surface area contributed by atoms with E-state index in [1.807, 2.05) is 0 Å². The smallest absolute Gasteiger partial charge is 0.181 e. The third kappa shape index (κ3) is 2.74. The van der Waals surface area contributed by atoms with Crippen LogP contribution in [-0.2, 0) is 9.84 Å². The molecule has 0 radical (unpaired) electrons. The Hall–Kier alpha value is -0.900. The molecule has 0 spiro atoms. The molecule has 0 saturated heterocycles. The summed E-state index contributed by atoms with van der Waals surface area (Å²) in [5.41, 5.74) is 0. The van der Waals surface area contributed by atoms with E-state index in [9.17, 15) is 12.8 Å². The van der Waals surface area contributed by atoms with Crippen molar-refractivity contribution in [2.75, 3.05) is 0 Å². The number of hydrogen-bond donors (Lipinski definition) is 0. The van der Waals surface area contributed by atoms with E-state index in [4.69, 9.17) is 0 Å². The lowest BCUT2D eigenvalue weighted by molar-refractivity contribution is 0.348. The van der Waals surface area contributed by atoms with E-state index in [0.29, 0.717) is 12.3 Å². The molecule has 0 aliphatic heterocycles. The van der Waals surface area contributed by atoms with E-state index in [1.165, 1.54) is 18.2 Å². The van der Waals surface area contributed by atoms with E-state index in [2.05, 4.69) is 6.92 Å². The molecule has 2 unspecified atom stereocenters. The maximum atomic E-state index is 13.1. The molecule has 1 aliphatic rings. The maximum Gasteiger partial charge on any atom is 0.181 e. The first kappa shape index (κ1) is 13.5. The molecule has 0 amide bonds. The zero-order chi connectivity index (χ0) is 13.2. The van der Waals surface area contributed by atoms with E-state index < -0.39 is 15.7 Å². The highest BCUT2D eigenvalue weighted by Gasteiger charge is 2.32. The van der Waals surface area contributed by atoms with E-state index >= 15 is 0 Å². The van der Waals surface area contributed by atoms with Crippen molar-refractivity contribution in [1.82, 2.24) is 0 Å². The van der Waals surface area contributed by atoms with Crippen LogP contribution in [0.3, 0.4) is 0 Å². The Morgan fingerprint density at radius 1 is 1.33 bits per heavy atom. The minimum Gasteiger partial charge on any atom is -0.223 e. The summed E-state index contributed by atoms with van der Waals surface area (Å²) in [6.07, 6.45) is 4.52. The molecule has 2 atom stereocenters. The maximum absolute atomic E-state index is 13.1. The van der Waals surface area contributed by atoms with Crippen molar-refractivity contribution >= 4 is 9.84 Å². The molecule has 0 N–H and O–H groups in total. The average Bonchev–Trinajstić information content (AvgIpc) is 2.39. The Balaban J connectivity index is 2.25. The van der Waals surface area contributed by atoms with Crippen LogP contribution in [0.15, 0.2) is 29.2 Å². The standard InChI is InChI=1S/C14H19FO2S/c1-2-11-5-3-7-13(9-11)18(16,17)14-8-4-6-12(15)10-14/h4,6,8,10-11,13H,2-3,5,7,9H2,1H3. The van der Waals surface area contributed by atoms with Gasteiger partial charge in [0.05, 0.1) is 10.1 Å². The van der Waals surface area contributed by atoms with Crippen LogP contribution in [0, 0.1) is 11.7 Å². The van der Waals surface area contributed by atoms with Gasteiger partial charge in [-0.3, -0.25) is 0 Å². The van der Waals surface area contributed by atoms with Crippen LogP contribution in [0.4, 0.5) is 4.39 Å². The highest BCUT2D eigenvalue weighted by atomic mass is 32.2. The highest BCUT2D eigenvalue weighted by molar-refractivity contribution is 7.92. The van der Waals surface area contributed by atoms with Crippen molar-refractivity contribution in [2.24, 2.45) is 5.92 Å². The molecule has 2 rings (SSSR count). The lowest BCUT2D eigenvalue weighted by atomic mass is 9.87. The van der Waals surface area contributed by atoms with E-state index in [1.54, 1.807) is 0 Å². The molecule has 1 aromatic rings. The summed E-state index contributed by atoms with van der Waals surface area (Å²) < 4.78 is 38.0. The zero-order valence-electron chi connectivity index (χ0n) is 10.6. The average molecular weight is 270 g/mol. The van der Waals surface area contributed by atoms with Crippen LogP contribution >= 0.6 is 0 Å². The van der Waals surface area contributed by atoms with E-state index in [0.717, 1.165) is 31.7 Å². The van der Waals surface area contributed by atoms with Crippen molar-refractivity contribution < 1.29 is 12.8 Å². The van der Waals surface area contributed by atoms with Crippen LogP contribution in [0.1, 0.15) is 39.0 Å². The SMILES string of the molecule is CCC1CCCC(S(=O)(=O)c2cccc(F)c2)C1. The van der Waals surface area contributed by atoms with Gasteiger partial charge in [-0.25, -0.2) is 12.8 Å². The number of benzene rings is 1. The minimum atomic E-state index is -3.37. The lowest BCUT2D eigenvalue weighted by Gasteiger charge is -2.28. The van der Waals surface area contributed by atoms with Gasteiger partial charge in [0.25, 0.3) is 0 Å². The second kappa shape index (κ2) is 5.39. The zero-order valence-corrected chi connectivity index (χ0v) is 11.4. The molecule has 1 aromatic carbocycles. The van der Waals surface area contributed by atoms with Crippen LogP contribution < -0.4 is 0 Å². The molecular weight excluding hydrogens is 251 g/mol. The van der Waals surface area contributed by atoms with Crippen molar-refractivity contribution in [1.29, 1.82) is 0 Å². The summed E-state index contributed by atoms with van der Waals surface area (Å²) in [6, 6.07) is 5.36. The van der Waals surface area contributed by atoms with Gasteiger partial charge < -0.3 is 0 Å². The monoisotopic (exact) mass is 270 g/mol. The quantitative estimate of drug-likeness (QED) is 0.841. The Morgan fingerprint density at radius 3 is 2.78 bits per heavy atom. The van der Waals surface area contributed by atoms with Gasteiger partial charge in [-0.15, -0.1) is 0 Å². The summed E-state index contributed by atoms with van der Waals surface area (Å²) in [4.78, 5) is 0.129. The summed E-state index contributed by atoms with van der Waals surface area (Å²) in [6.45, 7) is 2.10. The van der Waals surface area contributed by atoms with Crippen LogP contribution in [0.5, 0.6) is 0 Å². The molecule has 2 nitrogen and oxygen atoms in total. The summed E-state index contributed by atoms with van der Waals surface area (Å²) >= 11 is 0. The Bertz CT molecular complexity index is 510. The van der Waals surface area contributed by atoms with Crippen LogP contribution in [-0.4, -0.2) is 13.7 Å². The predicted molar refractivity (Wildman–Crippen MR) is 69.6 cm³/mol. The van der Waals surface area contributed by atoms with Gasteiger partial charge in [-0.05, 0) is 37.0 Å². The molecule has 1 saturated carbocycles. The molecule has 0 aromatic heterocycles. The third-order valence-corrected chi connectivity index (χ3v) is 6.09. The Kier molecular flexibility index (Phi) is 4.05. The van der Waals surface area contributed by atoms with Crippen LogP contribution in [0.25, 0.3) is 0 Å². The molecule has 4 heteroatoms. The summed E-state index contributed by atoms with van der Waals surface area (Å²) in [7, 11) is -3.37. The predicted octanol–water partition coefficient (Wildman–Crippen LogP) is 3.57. The van der Waals surface area contributed by atoms with Crippen molar-refractivity contribution in [3.05, 3.63) is 30.1 Å². The fourth-order valence-corrected chi connectivity index (χ4v) is 4.66. The summed E-state index contributed by atoms with van der Waals surface area (Å²) in [5.74, 6) is 0.00556. The Labute approximate surface area is 108 Å². The molecule has 100 valence electrons. The van der Waals surface area contributed by atoms with Gasteiger partial charge in [0, 0.05) is 0 Å². The number of hydrogen-bond acceptors (Lipinski definition) is 2. The van der Waals surface area contributed by atoms with Gasteiger partial charge in [0.1, 0.15) is 5.82 Å². The molecule has 0 heterocycles. The van der Waals surface area contributed by atoms with Gasteiger partial charge in [-0.1, -0.05) is 32.3 Å². The molecule has 1 aliphatic carbocycles.